The van der Waals surface area contributed by atoms with Gasteiger partial charge in [0, 0.05) is 18.5 Å². The van der Waals surface area contributed by atoms with Crippen molar-refractivity contribution in [3.63, 3.8) is 0 Å². The van der Waals surface area contributed by atoms with Gasteiger partial charge in [0.2, 0.25) is 0 Å². The van der Waals surface area contributed by atoms with Gasteiger partial charge in [-0.05, 0) is 75.9 Å². The van der Waals surface area contributed by atoms with E-state index < -0.39 is 0 Å². The zero-order valence-electron chi connectivity index (χ0n) is 16.8. The van der Waals surface area contributed by atoms with Gasteiger partial charge in [0.15, 0.2) is 0 Å². The van der Waals surface area contributed by atoms with E-state index in [1.165, 1.54) is 58.0 Å². The SMILES string of the molecule is Clc1cc2c(N3CC4CCC(C4)C3)nc(OCC34CCCN3CCC4)nc2cn1. The molecule has 6 nitrogen and oxygen atoms in total. The summed E-state index contributed by atoms with van der Waals surface area (Å²) in [5, 5.41) is 1.47. The fraction of sp³-hybridized carbons (Fsp3) is 0.682. The lowest BCUT2D eigenvalue weighted by Gasteiger charge is -2.34. The quantitative estimate of drug-likeness (QED) is 0.708. The van der Waals surface area contributed by atoms with Gasteiger partial charge in [-0.1, -0.05) is 11.6 Å². The summed E-state index contributed by atoms with van der Waals surface area (Å²) in [6.07, 6.45) is 10.8. The molecule has 154 valence electrons. The summed E-state index contributed by atoms with van der Waals surface area (Å²) >= 11 is 6.22. The molecule has 0 N–H and O–H groups in total. The van der Waals surface area contributed by atoms with Crippen molar-refractivity contribution in [3.05, 3.63) is 17.4 Å². The molecule has 4 aliphatic rings. The molecule has 2 aromatic rings. The van der Waals surface area contributed by atoms with Crippen molar-refractivity contribution in [1.29, 1.82) is 0 Å². The fourth-order valence-corrected chi connectivity index (χ4v) is 6.47. The predicted octanol–water partition coefficient (Wildman–Crippen LogP) is 3.92. The third-order valence-corrected chi connectivity index (χ3v) is 7.90. The molecule has 2 atom stereocenters. The maximum absolute atomic E-state index is 6.28. The largest absolute Gasteiger partial charge is 0.461 e. The molecule has 4 fully saturated rings. The maximum Gasteiger partial charge on any atom is 0.319 e. The Balaban J connectivity index is 1.33. The van der Waals surface area contributed by atoms with Crippen LogP contribution in [0.25, 0.3) is 10.9 Å². The number of aromatic nitrogens is 3. The van der Waals surface area contributed by atoms with Crippen LogP contribution in [0, 0.1) is 11.8 Å². The zero-order chi connectivity index (χ0) is 19.4. The molecular weight excluding hydrogens is 386 g/mol. The Hall–Kier alpha value is -1.66. The number of hydrogen-bond acceptors (Lipinski definition) is 6. The Labute approximate surface area is 176 Å². The van der Waals surface area contributed by atoms with E-state index in [-0.39, 0.29) is 5.54 Å². The van der Waals surface area contributed by atoms with E-state index in [4.69, 9.17) is 26.3 Å². The summed E-state index contributed by atoms with van der Waals surface area (Å²) in [5.74, 6) is 2.54. The van der Waals surface area contributed by atoms with Crippen LogP contribution in [0.4, 0.5) is 5.82 Å². The topological polar surface area (TPSA) is 54.4 Å². The molecule has 29 heavy (non-hydrogen) atoms. The van der Waals surface area contributed by atoms with E-state index in [1.807, 2.05) is 6.07 Å². The summed E-state index contributed by atoms with van der Waals surface area (Å²) < 4.78 is 6.28. The van der Waals surface area contributed by atoms with Gasteiger partial charge in [-0.2, -0.15) is 9.97 Å². The monoisotopic (exact) mass is 413 g/mol. The minimum Gasteiger partial charge on any atom is -0.461 e. The van der Waals surface area contributed by atoms with Crippen molar-refractivity contribution < 1.29 is 4.74 Å². The van der Waals surface area contributed by atoms with Gasteiger partial charge in [0.1, 0.15) is 17.6 Å². The van der Waals surface area contributed by atoms with Crippen LogP contribution in [0.15, 0.2) is 12.3 Å². The molecule has 0 spiro atoms. The highest BCUT2D eigenvalue weighted by Gasteiger charge is 2.45. The first-order valence-corrected chi connectivity index (χ1v) is 11.5. The Morgan fingerprint density at radius 2 is 1.86 bits per heavy atom. The summed E-state index contributed by atoms with van der Waals surface area (Å²) in [4.78, 5) is 18.9. The maximum atomic E-state index is 6.28. The van der Waals surface area contributed by atoms with Crippen molar-refractivity contribution in [2.24, 2.45) is 11.8 Å². The second-order valence-electron chi connectivity index (χ2n) is 9.51. The number of rotatable bonds is 4. The van der Waals surface area contributed by atoms with Crippen LogP contribution >= 0.6 is 11.6 Å². The highest BCUT2D eigenvalue weighted by atomic mass is 35.5. The third-order valence-electron chi connectivity index (χ3n) is 7.70. The molecular formula is C22H28ClN5O. The molecule has 7 heteroatoms. The Morgan fingerprint density at radius 1 is 1.10 bits per heavy atom. The summed E-state index contributed by atoms with van der Waals surface area (Å²) in [6, 6.07) is 2.39. The number of fused-ring (bicyclic) bond motifs is 4. The Bertz CT molecular complexity index is 915. The van der Waals surface area contributed by atoms with Crippen molar-refractivity contribution in [3.8, 4) is 6.01 Å². The first-order valence-electron chi connectivity index (χ1n) is 11.1. The minimum absolute atomic E-state index is 0.195. The Morgan fingerprint density at radius 3 is 2.62 bits per heavy atom. The van der Waals surface area contributed by atoms with Gasteiger partial charge in [-0.3, -0.25) is 4.90 Å². The highest BCUT2D eigenvalue weighted by molar-refractivity contribution is 6.30. The molecule has 0 amide bonds. The zero-order valence-corrected chi connectivity index (χ0v) is 17.6. The molecule has 2 aromatic heterocycles. The van der Waals surface area contributed by atoms with Crippen LogP contribution in [-0.2, 0) is 0 Å². The molecule has 3 aliphatic heterocycles. The standard InChI is InChI=1S/C22H28ClN5O/c23-19-10-17-18(11-24-19)25-21(29-14-22-5-1-7-28(22)8-2-6-22)26-20(17)27-12-15-3-4-16(9-15)13-27/h10-11,15-16H,1-9,12-14H2. The lowest BCUT2D eigenvalue weighted by molar-refractivity contribution is 0.108. The second-order valence-corrected chi connectivity index (χ2v) is 9.90. The lowest BCUT2D eigenvalue weighted by atomic mass is 9.95. The van der Waals surface area contributed by atoms with Crippen LogP contribution in [0.5, 0.6) is 6.01 Å². The van der Waals surface area contributed by atoms with Crippen LogP contribution in [-0.4, -0.2) is 58.2 Å². The summed E-state index contributed by atoms with van der Waals surface area (Å²) in [7, 11) is 0. The fourth-order valence-electron chi connectivity index (χ4n) is 6.32. The average molecular weight is 414 g/mol. The molecule has 0 aromatic carbocycles. The predicted molar refractivity (Wildman–Crippen MR) is 114 cm³/mol. The number of nitrogens with zero attached hydrogens (tertiary/aromatic N) is 5. The first kappa shape index (κ1) is 18.1. The number of halogens is 1. The van der Waals surface area contributed by atoms with Crippen molar-refractivity contribution >= 4 is 28.3 Å². The normalized spacial score (nSPS) is 28.2. The minimum atomic E-state index is 0.195. The van der Waals surface area contributed by atoms with E-state index >= 15 is 0 Å². The van der Waals surface area contributed by atoms with Gasteiger partial charge >= 0.3 is 6.01 Å². The first-order chi connectivity index (χ1) is 14.2. The van der Waals surface area contributed by atoms with Crippen molar-refractivity contribution in [2.75, 3.05) is 37.7 Å². The van der Waals surface area contributed by atoms with Crippen LogP contribution < -0.4 is 9.64 Å². The molecule has 3 saturated heterocycles. The molecule has 1 saturated carbocycles. The van der Waals surface area contributed by atoms with Gasteiger partial charge in [0.25, 0.3) is 0 Å². The van der Waals surface area contributed by atoms with Crippen LogP contribution in [0.2, 0.25) is 5.15 Å². The number of anilines is 1. The third kappa shape index (κ3) is 3.15. The number of piperidine rings is 1. The molecule has 2 unspecified atom stereocenters. The van der Waals surface area contributed by atoms with Crippen molar-refractivity contribution in [1.82, 2.24) is 19.9 Å². The average Bonchev–Trinajstić information content (AvgIpc) is 3.39. The summed E-state index contributed by atoms with van der Waals surface area (Å²) in [5.41, 5.74) is 1.01. The number of hydrogen-bond donors (Lipinski definition) is 0. The van der Waals surface area contributed by atoms with Crippen LogP contribution in [0.1, 0.15) is 44.9 Å². The lowest BCUT2D eigenvalue weighted by Crippen LogP contribution is -2.43. The number of ether oxygens (including phenoxy) is 1. The second kappa shape index (κ2) is 6.95. The van der Waals surface area contributed by atoms with E-state index in [2.05, 4.69) is 14.8 Å². The van der Waals surface area contributed by atoms with Crippen molar-refractivity contribution in [2.45, 2.75) is 50.5 Å². The van der Waals surface area contributed by atoms with E-state index in [0.29, 0.717) is 17.8 Å². The van der Waals surface area contributed by atoms with Gasteiger partial charge < -0.3 is 9.64 Å². The molecule has 1 aliphatic carbocycles. The summed E-state index contributed by atoms with van der Waals surface area (Å²) in [6.45, 7) is 5.22. The van der Waals surface area contributed by atoms with Gasteiger partial charge in [-0.15, -0.1) is 0 Å². The Kier molecular flexibility index (Phi) is 4.34. The number of pyridine rings is 1. The molecule has 0 radical (unpaired) electrons. The van der Waals surface area contributed by atoms with Gasteiger partial charge in [-0.25, -0.2) is 4.98 Å². The van der Waals surface area contributed by atoms with E-state index in [0.717, 1.165) is 41.6 Å². The van der Waals surface area contributed by atoms with Gasteiger partial charge in [0.05, 0.1) is 17.3 Å². The van der Waals surface area contributed by atoms with E-state index in [1.54, 1.807) is 6.20 Å². The molecule has 6 rings (SSSR count). The van der Waals surface area contributed by atoms with Crippen LogP contribution in [0.3, 0.4) is 0 Å². The molecule has 5 heterocycles. The highest BCUT2D eigenvalue weighted by Crippen LogP contribution is 2.41. The smallest absolute Gasteiger partial charge is 0.319 e. The van der Waals surface area contributed by atoms with E-state index in [9.17, 15) is 0 Å². The molecule has 2 bridgehead atoms.